The fourth-order valence-corrected chi connectivity index (χ4v) is 6.41. The minimum absolute atomic E-state index is 0.151. The van der Waals surface area contributed by atoms with Gasteiger partial charge in [-0.15, -0.1) is 0 Å². The topological polar surface area (TPSA) is 78.5 Å². The van der Waals surface area contributed by atoms with Gasteiger partial charge in [0.25, 0.3) is 0 Å². The summed E-state index contributed by atoms with van der Waals surface area (Å²) in [4.78, 5) is 42.4. The molecule has 6 nitrogen and oxygen atoms in total. The van der Waals surface area contributed by atoms with Gasteiger partial charge in [0.2, 0.25) is 17.7 Å². The van der Waals surface area contributed by atoms with Crippen molar-refractivity contribution in [2.75, 3.05) is 23.9 Å². The molecule has 2 aromatic rings. The number of fused-ring (bicyclic) bond motifs is 4. The number of thioether (sulfide) groups is 1. The second-order valence-corrected chi connectivity index (χ2v) is 10.4. The SMILES string of the molecule is CSCC[C@@H]1N[C@@]2(C(=O)Nc3c(C)cc(C)cc32)[C@H]2C(=O)N(CCc3ccccc3)C(=O)[C@H]12. The molecule has 2 aromatic carbocycles. The summed E-state index contributed by atoms with van der Waals surface area (Å²) in [7, 11) is 0. The molecule has 2 fully saturated rings. The van der Waals surface area contributed by atoms with Crippen molar-refractivity contribution >= 4 is 35.2 Å². The zero-order valence-corrected chi connectivity index (χ0v) is 20.0. The summed E-state index contributed by atoms with van der Waals surface area (Å²) in [5, 5.41) is 6.56. The molecule has 33 heavy (non-hydrogen) atoms. The molecule has 3 aliphatic heterocycles. The summed E-state index contributed by atoms with van der Waals surface area (Å²) < 4.78 is 0. The van der Waals surface area contributed by atoms with Crippen molar-refractivity contribution in [3.05, 3.63) is 64.7 Å². The standard InChI is InChI=1S/C26H29N3O3S/c1-15-13-16(2)22-18(14-15)26(25(32)27-22)21-20(19(28-26)10-12-33-3)23(30)29(24(21)31)11-9-17-7-5-4-6-8-17/h4-8,13-14,19-21,28H,9-12H2,1-3H3,(H,27,32)/t19-,20+,21+,26+/m0/s1. The van der Waals surface area contributed by atoms with Gasteiger partial charge in [0.05, 0.1) is 11.8 Å². The third-order valence-corrected chi connectivity index (χ3v) is 8.00. The molecule has 0 aliphatic carbocycles. The van der Waals surface area contributed by atoms with Crippen LogP contribution >= 0.6 is 11.8 Å². The Bertz CT molecular complexity index is 1140. The summed E-state index contributed by atoms with van der Waals surface area (Å²) in [6, 6.07) is 13.7. The van der Waals surface area contributed by atoms with Gasteiger partial charge in [-0.25, -0.2) is 0 Å². The number of imide groups is 1. The smallest absolute Gasteiger partial charge is 0.250 e. The molecule has 4 atom stereocenters. The minimum Gasteiger partial charge on any atom is -0.324 e. The first kappa shape index (κ1) is 22.2. The highest BCUT2D eigenvalue weighted by molar-refractivity contribution is 7.98. The van der Waals surface area contributed by atoms with Crippen molar-refractivity contribution < 1.29 is 14.4 Å². The lowest BCUT2D eigenvalue weighted by atomic mass is 9.76. The number of nitrogens with one attached hydrogen (secondary N) is 2. The predicted octanol–water partition coefficient (Wildman–Crippen LogP) is 3.02. The number of hydrogen-bond acceptors (Lipinski definition) is 5. The number of amides is 3. The molecule has 0 aromatic heterocycles. The first-order valence-corrected chi connectivity index (χ1v) is 12.9. The van der Waals surface area contributed by atoms with Crippen LogP contribution in [0.2, 0.25) is 0 Å². The van der Waals surface area contributed by atoms with E-state index in [0.29, 0.717) is 13.0 Å². The Morgan fingerprint density at radius 3 is 2.55 bits per heavy atom. The first-order chi connectivity index (χ1) is 15.9. The Hall–Kier alpha value is -2.64. The van der Waals surface area contributed by atoms with Crippen LogP contribution in [0.1, 0.15) is 28.7 Å². The molecule has 2 N–H and O–H groups in total. The van der Waals surface area contributed by atoms with Gasteiger partial charge in [0.15, 0.2) is 0 Å². The van der Waals surface area contributed by atoms with Crippen LogP contribution in [0.25, 0.3) is 0 Å². The second kappa shape index (κ2) is 8.29. The van der Waals surface area contributed by atoms with Gasteiger partial charge < -0.3 is 5.32 Å². The lowest BCUT2D eigenvalue weighted by Gasteiger charge is -2.30. The molecule has 3 amide bonds. The molecule has 0 unspecified atom stereocenters. The molecule has 1 spiro atoms. The summed E-state index contributed by atoms with van der Waals surface area (Å²) in [5.41, 5.74) is 3.46. The van der Waals surface area contributed by atoms with E-state index in [9.17, 15) is 14.4 Å². The number of hydrogen-bond donors (Lipinski definition) is 2. The maximum atomic E-state index is 13.8. The zero-order valence-electron chi connectivity index (χ0n) is 19.2. The first-order valence-electron chi connectivity index (χ1n) is 11.5. The van der Waals surface area contributed by atoms with Crippen molar-refractivity contribution in [2.45, 2.75) is 38.3 Å². The molecular formula is C26H29N3O3S. The highest BCUT2D eigenvalue weighted by Gasteiger charge is 2.70. The quantitative estimate of drug-likeness (QED) is 0.644. The van der Waals surface area contributed by atoms with E-state index in [1.54, 1.807) is 11.8 Å². The van der Waals surface area contributed by atoms with E-state index in [1.807, 2.05) is 62.6 Å². The maximum Gasteiger partial charge on any atom is 0.250 e. The summed E-state index contributed by atoms with van der Waals surface area (Å²) in [6.07, 6.45) is 3.36. The highest BCUT2D eigenvalue weighted by atomic mass is 32.2. The van der Waals surface area contributed by atoms with Crippen LogP contribution in [0.15, 0.2) is 42.5 Å². The third-order valence-electron chi connectivity index (χ3n) is 7.36. The van der Waals surface area contributed by atoms with Gasteiger partial charge in [-0.1, -0.05) is 48.0 Å². The normalized spacial score (nSPS) is 27.9. The third kappa shape index (κ3) is 3.32. The van der Waals surface area contributed by atoms with Crippen LogP contribution in [-0.4, -0.2) is 47.2 Å². The van der Waals surface area contributed by atoms with Crippen molar-refractivity contribution in [3.8, 4) is 0 Å². The summed E-state index contributed by atoms with van der Waals surface area (Å²) >= 11 is 1.70. The number of carbonyl (C=O) groups excluding carboxylic acids is 3. The average Bonchev–Trinajstić information content (AvgIpc) is 3.37. The lowest BCUT2D eigenvalue weighted by molar-refractivity contribution is -0.142. The van der Waals surface area contributed by atoms with E-state index < -0.39 is 17.4 Å². The number of anilines is 1. The molecule has 0 bridgehead atoms. The molecular weight excluding hydrogens is 434 g/mol. The predicted molar refractivity (Wildman–Crippen MR) is 130 cm³/mol. The van der Waals surface area contributed by atoms with Gasteiger partial charge >= 0.3 is 0 Å². The largest absolute Gasteiger partial charge is 0.324 e. The summed E-state index contributed by atoms with van der Waals surface area (Å²) in [5.74, 6) is -1.01. The minimum atomic E-state index is -1.20. The Labute approximate surface area is 198 Å². The van der Waals surface area contributed by atoms with Crippen molar-refractivity contribution in [2.24, 2.45) is 11.8 Å². The van der Waals surface area contributed by atoms with Crippen LogP contribution < -0.4 is 10.6 Å². The van der Waals surface area contributed by atoms with E-state index in [0.717, 1.165) is 40.1 Å². The van der Waals surface area contributed by atoms with Crippen molar-refractivity contribution in [1.29, 1.82) is 0 Å². The molecule has 2 saturated heterocycles. The van der Waals surface area contributed by atoms with Gasteiger partial charge in [-0.3, -0.25) is 24.6 Å². The van der Waals surface area contributed by atoms with Crippen molar-refractivity contribution in [3.63, 3.8) is 0 Å². The van der Waals surface area contributed by atoms with Crippen LogP contribution in [0, 0.1) is 25.7 Å². The summed E-state index contributed by atoms with van der Waals surface area (Å²) in [6.45, 7) is 4.30. The molecule has 3 heterocycles. The average molecular weight is 464 g/mol. The van der Waals surface area contributed by atoms with Crippen LogP contribution in [0.3, 0.4) is 0 Å². The highest BCUT2D eigenvalue weighted by Crippen LogP contribution is 2.54. The molecule has 3 aliphatic rings. The number of likely N-dealkylation sites (tertiary alicyclic amines) is 1. The second-order valence-electron chi connectivity index (χ2n) is 9.37. The maximum absolute atomic E-state index is 13.8. The fraction of sp³-hybridized carbons (Fsp3) is 0.423. The number of nitrogens with zero attached hydrogens (tertiary/aromatic N) is 1. The Kier molecular flexibility index (Phi) is 5.57. The van der Waals surface area contributed by atoms with Gasteiger partial charge in [0.1, 0.15) is 5.54 Å². The zero-order chi connectivity index (χ0) is 23.3. The van der Waals surface area contributed by atoms with E-state index >= 15 is 0 Å². The van der Waals surface area contributed by atoms with E-state index in [1.165, 1.54) is 4.90 Å². The number of benzene rings is 2. The monoisotopic (exact) mass is 463 g/mol. The lowest BCUT2D eigenvalue weighted by Crippen LogP contribution is -2.53. The molecule has 7 heteroatoms. The molecule has 0 radical (unpaired) electrons. The van der Waals surface area contributed by atoms with E-state index in [-0.39, 0.29) is 23.8 Å². The number of carbonyl (C=O) groups is 3. The van der Waals surface area contributed by atoms with E-state index in [4.69, 9.17) is 0 Å². The van der Waals surface area contributed by atoms with E-state index in [2.05, 4.69) is 10.6 Å². The number of aryl methyl sites for hydroxylation is 2. The van der Waals surface area contributed by atoms with Gasteiger partial charge in [0, 0.05) is 23.8 Å². The van der Waals surface area contributed by atoms with Crippen LogP contribution in [0.5, 0.6) is 0 Å². The van der Waals surface area contributed by atoms with Crippen molar-refractivity contribution in [1.82, 2.24) is 10.2 Å². The molecule has 5 rings (SSSR count). The Morgan fingerprint density at radius 1 is 1.06 bits per heavy atom. The van der Waals surface area contributed by atoms with Gasteiger partial charge in [-0.2, -0.15) is 11.8 Å². The van der Waals surface area contributed by atoms with Crippen LogP contribution in [-0.2, 0) is 26.3 Å². The molecule has 0 saturated carbocycles. The number of rotatable bonds is 6. The Balaban J connectivity index is 1.55. The Morgan fingerprint density at radius 2 is 1.82 bits per heavy atom. The van der Waals surface area contributed by atoms with Crippen LogP contribution in [0.4, 0.5) is 5.69 Å². The molecule has 172 valence electrons. The van der Waals surface area contributed by atoms with Gasteiger partial charge in [-0.05, 0) is 49.8 Å². The fourth-order valence-electron chi connectivity index (χ4n) is 5.92.